The van der Waals surface area contributed by atoms with Gasteiger partial charge in [0.05, 0.1) is 0 Å². The molecule has 2 amide bonds. The van der Waals surface area contributed by atoms with Crippen LogP contribution in [0, 0.1) is 5.82 Å². The van der Waals surface area contributed by atoms with Crippen LogP contribution in [0.1, 0.15) is 25.3 Å². The monoisotopic (exact) mass is 293 g/mol. The zero-order chi connectivity index (χ0) is 15.2. The highest BCUT2D eigenvalue weighted by Gasteiger charge is 2.26. The number of benzene rings is 1. The van der Waals surface area contributed by atoms with E-state index < -0.39 is 0 Å². The highest BCUT2D eigenvalue weighted by atomic mass is 19.1. The van der Waals surface area contributed by atoms with Gasteiger partial charge in [0.2, 0.25) is 0 Å². The van der Waals surface area contributed by atoms with Crippen LogP contribution in [0.2, 0.25) is 0 Å². The summed E-state index contributed by atoms with van der Waals surface area (Å²) in [6.07, 6.45) is 1.96. The second kappa shape index (κ2) is 7.41. The Balaban J connectivity index is 2.08. The van der Waals surface area contributed by atoms with Gasteiger partial charge >= 0.3 is 6.03 Å². The van der Waals surface area contributed by atoms with Gasteiger partial charge in [-0.05, 0) is 57.6 Å². The number of rotatable bonds is 4. The van der Waals surface area contributed by atoms with Crippen LogP contribution in [-0.4, -0.2) is 48.6 Å². The molecule has 0 saturated carbocycles. The van der Waals surface area contributed by atoms with E-state index in [2.05, 4.69) is 17.3 Å². The van der Waals surface area contributed by atoms with Crippen molar-refractivity contribution in [2.75, 3.05) is 26.7 Å². The Morgan fingerprint density at radius 1 is 1.33 bits per heavy atom. The molecule has 5 heteroatoms. The van der Waals surface area contributed by atoms with Gasteiger partial charge in [-0.3, -0.25) is 0 Å². The van der Waals surface area contributed by atoms with Crippen LogP contribution >= 0.6 is 0 Å². The first-order valence-corrected chi connectivity index (χ1v) is 7.57. The average molecular weight is 293 g/mol. The molecule has 0 atom stereocenters. The van der Waals surface area contributed by atoms with Crippen LogP contribution in [0.3, 0.4) is 0 Å². The van der Waals surface area contributed by atoms with Crippen LogP contribution in [0.4, 0.5) is 9.18 Å². The van der Waals surface area contributed by atoms with Gasteiger partial charge in [-0.2, -0.15) is 0 Å². The molecule has 0 radical (unpaired) electrons. The van der Waals surface area contributed by atoms with Crippen molar-refractivity contribution in [1.82, 2.24) is 15.1 Å². The standard InChI is InChI=1S/C16H24FN3O/c1-3-18-16(21)20(15-8-10-19(2)11-9-15)12-13-4-6-14(17)7-5-13/h4-7,15H,3,8-12H2,1-2H3,(H,18,21). The Bertz CT molecular complexity index is 455. The SMILES string of the molecule is CCNC(=O)N(Cc1ccc(F)cc1)C1CCN(C)CC1. The number of hydrogen-bond donors (Lipinski definition) is 1. The molecule has 1 saturated heterocycles. The lowest BCUT2D eigenvalue weighted by Gasteiger charge is -2.37. The zero-order valence-electron chi connectivity index (χ0n) is 12.8. The van der Waals surface area contributed by atoms with Crippen molar-refractivity contribution >= 4 is 6.03 Å². The zero-order valence-corrected chi connectivity index (χ0v) is 12.8. The van der Waals surface area contributed by atoms with Gasteiger partial charge in [0.15, 0.2) is 0 Å². The van der Waals surface area contributed by atoms with Crippen molar-refractivity contribution in [2.45, 2.75) is 32.4 Å². The van der Waals surface area contributed by atoms with Crippen LogP contribution < -0.4 is 5.32 Å². The molecular formula is C16H24FN3O. The fourth-order valence-corrected chi connectivity index (χ4v) is 2.71. The quantitative estimate of drug-likeness (QED) is 0.925. The van der Waals surface area contributed by atoms with Crippen LogP contribution in [0.5, 0.6) is 0 Å². The molecule has 4 nitrogen and oxygen atoms in total. The van der Waals surface area contributed by atoms with E-state index in [-0.39, 0.29) is 17.9 Å². The van der Waals surface area contributed by atoms with E-state index in [0.29, 0.717) is 13.1 Å². The maximum absolute atomic E-state index is 13.0. The molecule has 0 bridgehead atoms. The third-order valence-corrected chi connectivity index (χ3v) is 3.98. The van der Waals surface area contributed by atoms with Gasteiger partial charge in [-0.1, -0.05) is 12.1 Å². The van der Waals surface area contributed by atoms with Crippen molar-refractivity contribution in [1.29, 1.82) is 0 Å². The molecule has 1 fully saturated rings. The van der Waals surface area contributed by atoms with Crippen molar-refractivity contribution in [3.63, 3.8) is 0 Å². The average Bonchev–Trinajstić information content (AvgIpc) is 2.48. The molecule has 116 valence electrons. The maximum Gasteiger partial charge on any atom is 0.317 e. The lowest BCUT2D eigenvalue weighted by Crippen LogP contribution is -2.49. The smallest absolute Gasteiger partial charge is 0.317 e. The molecule has 0 aliphatic carbocycles. The number of piperidine rings is 1. The molecule has 1 aliphatic heterocycles. The van der Waals surface area contributed by atoms with Crippen LogP contribution in [-0.2, 0) is 6.54 Å². The topological polar surface area (TPSA) is 35.6 Å². The third-order valence-electron chi connectivity index (χ3n) is 3.98. The lowest BCUT2D eigenvalue weighted by atomic mass is 10.0. The highest BCUT2D eigenvalue weighted by Crippen LogP contribution is 2.18. The van der Waals surface area contributed by atoms with Crippen molar-refractivity contribution in [2.24, 2.45) is 0 Å². The van der Waals surface area contributed by atoms with E-state index in [1.807, 2.05) is 11.8 Å². The number of nitrogens with one attached hydrogen (secondary N) is 1. The summed E-state index contributed by atoms with van der Waals surface area (Å²) in [7, 11) is 2.10. The summed E-state index contributed by atoms with van der Waals surface area (Å²) >= 11 is 0. The predicted molar refractivity (Wildman–Crippen MR) is 81.5 cm³/mol. The number of hydrogen-bond acceptors (Lipinski definition) is 2. The summed E-state index contributed by atoms with van der Waals surface area (Å²) in [5, 5.41) is 2.89. The van der Waals surface area contributed by atoms with E-state index in [9.17, 15) is 9.18 Å². The number of amides is 2. The van der Waals surface area contributed by atoms with Gasteiger partial charge in [0.25, 0.3) is 0 Å². The second-order valence-electron chi connectivity index (χ2n) is 5.62. The Morgan fingerprint density at radius 2 is 1.95 bits per heavy atom. The molecular weight excluding hydrogens is 269 g/mol. The van der Waals surface area contributed by atoms with E-state index in [4.69, 9.17) is 0 Å². The number of nitrogens with zero attached hydrogens (tertiary/aromatic N) is 2. The summed E-state index contributed by atoms with van der Waals surface area (Å²) < 4.78 is 13.0. The van der Waals surface area contributed by atoms with E-state index in [1.54, 1.807) is 12.1 Å². The van der Waals surface area contributed by atoms with Crippen LogP contribution in [0.15, 0.2) is 24.3 Å². The fourth-order valence-electron chi connectivity index (χ4n) is 2.71. The largest absolute Gasteiger partial charge is 0.338 e. The molecule has 0 aromatic heterocycles. The second-order valence-corrected chi connectivity index (χ2v) is 5.62. The number of carbonyl (C=O) groups excluding carboxylic acids is 1. The summed E-state index contributed by atoms with van der Waals surface area (Å²) in [5.41, 5.74) is 0.960. The molecule has 0 spiro atoms. The molecule has 1 heterocycles. The molecule has 1 aromatic carbocycles. The number of likely N-dealkylation sites (tertiary alicyclic amines) is 1. The van der Waals surface area contributed by atoms with Gasteiger partial charge in [-0.25, -0.2) is 9.18 Å². The van der Waals surface area contributed by atoms with Crippen LogP contribution in [0.25, 0.3) is 0 Å². The normalized spacial score (nSPS) is 16.7. The molecule has 1 aromatic rings. The first-order chi connectivity index (χ1) is 10.1. The minimum atomic E-state index is -0.248. The van der Waals surface area contributed by atoms with Gasteiger partial charge in [-0.15, -0.1) is 0 Å². The summed E-state index contributed by atoms with van der Waals surface area (Å²) in [6.45, 7) is 5.07. The molecule has 0 unspecified atom stereocenters. The highest BCUT2D eigenvalue weighted by molar-refractivity contribution is 5.74. The Kier molecular flexibility index (Phi) is 5.56. The summed E-state index contributed by atoms with van der Waals surface area (Å²) in [5.74, 6) is -0.248. The molecule has 2 rings (SSSR count). The third kappa shape index (κ3) is 4.43. The first-order valence-electron chi connectivity index (χ1n) is 7.57. The van der Waals surface area contributed by atoms with Gasteiger partial charge in [0, 0.05) is 19.1 Å². The Hall–Kier alpha value is -1.62. The first kappa shape index (κ1) is 15.8. The molecule has 21 heavy (non-hydrogen) atoms. The Morgan fingerprint density at radius 3 is 2.52 bits per heavy atom. The van der Waals surface area contributed by atoms with Crippen molar-refractivity contribution < 1.29 is 9.18 Å². The predicted octanol–water partition coefficient (Wildman–Crippen LogP) is 2.45. The van der Waals surface area contributed by atoms with E-state index in [0.717, 1.165) is 31.5 Å². The summed E-state index contributed by atoms with van der Waals surface area (Å²) in [4.78, 5) is 16.5. The molecule has 1 N–H and O–H groups in total. The lowest BCUT2D eigenvalue weighted by molar-refractivity contribution is 0.127. The summed E-state index contributed by atoms with van der Waals surface area (Å²) in [6, 6.07) is 6.60. The minimum absolute atomic E-state index is 0.0311. The number of halogens is 1. The van der Waals surface area contributed by atoms with Gasteiger partial charge < -0.3 is 15.1 Å². The van der Waals surface area contributed by atoms with E-state index >= 15 is 0 Å². The Labute approximate surface area is 125 Å². The van der Waals surface area contributed by atoms with Gasteiger partial charge in [0.1, 0.15) is 5.82 Å². The number of carbonyl (C=O) groups is 1. The number of urea groups is 1. The van der Waals surface area contributed by atoms with E-state index in [1.165, 1.54) is 12.1 Å². The minimum Gasteiger partial charge on any atom is -0.338 e. The van der Waals surface area contributed by atoms with Crippen molar-refractivity contribution in [3.05, 3.63) is 35.6 Å². The molecule has 1 aliphatic rings. The van der Waals surface area contributed by atoms with Crippen molar-refractivity contribution in [3.8, 4) is 0 Å². The maximum atomic E-state index is 13.0. The fraction of sp³-hybridized carbons (Fsp3) is 0.562.